The van der Waals surface area contributed by atoms with Crippen LogP contribution >= 0.6 is 11.8 Å². The molecule has 2 N–H and O–H groups in total. The molecule has 4 heteroatoms. The van der Waals surface area contributed by atoms with Crippen LogP contribution in [-0.2, 0) is 18.6 Å². The maximum Gasteiger partial charge on any atom is 0.140 e. The second-order valence-electron chi connectivity index (χ2n) is 4.52. The molecule has 1 aromatic heterocycles. The molecule has 2 rings (SSSR count). The van der Waals surface area contributed by atoms with Gasteiger partial charge in [0, 0.05) is 11.3 Å². The van der Waals surface area contributed by atoms with E-state index >= 15 is 0 Å². The fraction of sp³-hybridized carbons (Fsp3) is 0.667. The first-order chi connectivity index (χ1) is 7.66. The average Bonchev–Trinajstić information content (AvgIpc) is 2.26. The highest BCUT2D eigenvalue weighted by Crippen LogP contribution is 2.25. The average molecular weight is 237 g/mol. The van der Waals surface area contributed by atoms with Crippen LogP contribution in [0.2, 0.25) is 0 Å². The fourth-order valence-corrected chi connectivity index (χ4v) is 2.59. The maximum absolute atomic E-state index is 5.99. The van der Waals surface area contributed by atoms with Crippen LogP contribution in [0.1, 0.15) is 43.8 Å². The smallest absolute Gasteiger partial charge is 0.140 e. The first-order valence-corrected chi connectivity index (χ1v) is 6.97. The van der Waals surface area contributed by atoms with Gasteiger partial charge < -0.3 is 5.73 Å². The van der Waals surface area contributed by atoms with Crippen molar-refractivity contribution in [3.8, 4) is 0 Å². The Balaban J connectivity index is 2.18. The number of aromatic nitrogens is 2. The van der Waals surface area contributed by atoms with Crippen LogP contribution in [0.15, 0.2) is 0 Å². The van der Waals surface area contributed by atoms with Gasteiger partial charge in [-0.1, -0.05) is 13.8 Å². The summed E-state index contributed by atoms with van der Waals surface area (Å²) in [6.07, 6.45) is 4.58. The quantitative estimate of drug-likeness (QED) is 0.878. The molecule has 1 aromatic rings. The highest BCUT2D eigenvalue weighted by molar-refractivity contribution is 7.99. The lowest BCUT2D eigenvalue weighted by molar-refractivity contribution is 0.660. The monoisotopic (exact) mass is 237 g/mol. The van der Waals surface area contributed by atoms with Gasteiger partial charge in [-0.3, -0.25) is 0 Å². The number of hydrogen-bond acceptors (Lipinski definition) is 4. The van der Waals surface area contributed by atoms with E-state index in [9.17, 15) is 0 Å². The largest absolute Gasteiger partial charge is 0.383 e. The van der Waals surface area contributed by atoms with Gasteiger partial charge in [-0.25, -0.2) is 9.97 Å². The second-order valence-corrected chi connectivity index (χ2v) is 6.08. The van der Waals surface area contributed by atoms with E-state index in [1.165, 1.54) is 24.1 Å². The van der Waals surface area contributed by atoms with Crippen LogP contribution in [0.5, 0.6) is 0 Å². The van der Waals surface area contributed by atoms with Crippen molar-refractivity contribution < 1.29 is 0 Å². The van der Waals surface area contributed by atoms with E-state index in [1.807, 2.05) is 11.8 Å². The van der Waals surface area contributed by atoms with Gasteiger partial charge in [-0.2, -0.15) is 11.8 Å². The van der Waals surface area contributed by atoms with E-state index in [0.29, 0.717) is 11.1 Å². The predicted octanol–water partition coefficient (Wildman–Crippen LogP) is 2.58. The Morgan fingerprint density at radius 1 is 1.25 bits per heavy atom. The minimum Gasteiger partial charge on any atom is -0.383 e. The minimum atomic E-state index is 0.612. The molecule has 1 aliphatic rings. The van der Waals surface area contributed by atoms with Gasteiger partial charge in [0.25, 0.3) is 0 Å². The van der Waals surface area contributed by atoms with Crippen molar-refractivity contribution in [1.82, 2.24) is 9.97 Å². The van der Waals surface area contributed by atoms with Crippen molar-refractivity contribution in [2.45, 2.75) is 50.5 Å². The van der Waals surface area contributed by atoms with Crippen LogP contribution in [-0.4, -0.2) is 15.2 Å². The summed E-state index contributed by atoms with van der Waals surface area (Å²) in [5, 5.41) is 0.612. The first-order valence-electron chi connectivity index (χ1n) is 5.92. The molecule has 0 atom stereocenters. The first kappa shape index (κ1) is 11.7. The molecule has 88 valence electrons. The van der Waals surface area contributed by atoms with E-state index < -0.39 is 0 Å². The molecule has 1 aliphatic carbocycles. The number of nitrogens with two attached hydrogens (primary N) is 1. The molecule has 0 radical (unpaired) electrons. The van der Waals surface area contributed by atoms with Gasteiger partial charge >= 0.3 is 0 Å². The lowest BCUT2D eigenvalue weighted by Crippen LogP contribution is -2.13. The third-order valence-electron chi connectivity index (χ3n) is 2.81. The van der Waals surface area contributed by atoms with Gasteiger partial charge in [0.1, 0.15) is 11.6 Å². The summed E-state index contributed by atoms with van der Waals surface area (Å²) >= 11 is 1.86. The maximum atomic E-state index is 5.99. The molecule has 0 bridgehead atoms. The van der Waals surface area contributed by atoms with Crippen LogP contribution in [0.25, 0.3) is 0 Å². The summed E-state index contributed by atoms with van der Waals surface area (Å²) < 4.78 is 0. The lowest BCUT2D eigenvalue weighted by Gasteiger charge is -2.17. The molecule has 0 saturated heterocycles. The molecular weight excluding hydrogens is 218 g/mol. The number of nitrogen functional groups attached to an aromatic ring is 1. The van der Waals surface area contributed by atoms with Gasteiger partial charge in [0.05, 0.1) is 5.75 Å². The molecular formula is C12H19N3S. The number of anilines is 1. The Morgan fingerprint density at radius 2 is 2.00 bits per heavy atom. The normalized spacial score (nSPS) is 15.2. The van der Waals surface area contributed by atoms with Crippen molar-refractivity contribution >= 4 is 17.6 Å². The zero-order chi connectivity index (χ0) is 11.5. The zero-order valence-corrected chi connectivity index (χ0v) is 10.8. The predicted molar refractivity (Wildman–Crippen MR) is 69.5 cm³/mol. The van der Waals surface area contributed by atoms with Crippen LogP contribution in [0, 0.1) is 0 Å². The van der Waals surface area contributed by atoms with Gasteiger partial charge in [0.2, 0.25) is 0 Å². The van der Waals surface area contributed by atoms with Crippen molar-refractivity contribution in [2.24, 2.45) is 0 Å². The Morgan fingerprint density at radius 3 is 2.75 bits per heavy atom. The molecule has 3 nitrogen and oxygen atoms in total. The Kier molecular flexibility index (Phi) is 3.69. The molecule has 0 aliphatic heterocycles. The number of nitrogens with zero attached hydrogens (tertiary/aromatic N) is 2. The third kappa shape index (κ3) is 2.67. The van der Waals surface area contributed by atoms with Gasteiger partial charge in [0.15, 0.2) is 0 Å². The Bertz CT molecular complexity index is 377. The second kappa shape index (κ2) is 5.04. The van der Waals surface area contributed by atoms with E-state index in [4.69, 9.17) is 5.73 Å². The van der Waals surface area contributed by atoms with Crippen molar-refractivity contribution in [3.05, 3.63) is 17.1 Å². The number of rotatable bonds is 3. The van der Waals surface area contributed by atoms with Crippen LogP contribution < -0.4 is 5.73 Å². The van der Waals surface area contributed by atoms with Gasteiger partial charge in [-0.15, -0.1) is 0 Å². The van der Waals surface area contributed by atoms with Crippen molar-refractivity contribution in [3.63, 3.8) is 0 Å². The molecule has 0 aromatic carbocycles. The Labute approximate surface area is 101 Å². The minimum absolute atomic E-state index is 0.612. The Hall–Kier alpha value is -0.770. The number of aryl methyl sites for hydroxylation is 1. The highest BCUT2D eigenvalue weighted by Gasteiger charge is 2.16. The molecule has 0 fully saturated rings. The molecule has 0 spiro atoms. The molecule has 0 saturated carbocycles. The SMILES string of the molecule is CC(C)SCc1nc(N)c2c(n1)CCCC2. The van der Waals surface area contributed by atoms with Crippen molar-refractivity contribution in [1.29, 1.82) is 0 Å². The zero-order valence-electron chi connectivity index (χ0n) is 9.99. The summed E-state index contributed by atoms with van der Waals surface area (Å²) in [6, 6.07) is 0. The van der Waals surface area contributed by atoms with E-state index in [2.05, 4.69) is 23.8 Å². The summed E-state index contributed by atoms with van der Waals surface area (Å²) in [7, 11) is 0. The van der Waals surface area contributed by atoms with Gasteiger partial charge in [-0.05, 0) is 30.9 Å². The number of fused-ring (bicyclic) bond motifs is 1. The van der Waals surface area contributed by atoms with Crippen LogP contribution in [0.3, 0.4) is 0 Å². The standard InChI is InChI=1S/C12H19N3S/c1-8(2)16-7-11-14-10-6-4-3-5-9(10)12(13)15-11/h8H,3-7H2,1-2H3,(H2,13,14,15). The molecule has 0 unspecified atom stereocenters. The summed E-state index contributed by atoms with van der Waals surface area (Å²) in [4.78, 5) is 9.04. The van der Waals surface area contributed by atoms with E-state index in [-0.39, 0.29) is 0 Å². The van der Waals surface area contributed by atoms with Crippen LogP contribution in [0.4, 0.5) is 5.82 Å². The topological polar surface area (TPSA) is 51.8 Å². The molecule has 16 heavy (non-hydrogen) atoms. The summed E-state index contributed by atoms with van der Waals surface area (Å²) in [5.74, 6) is 2.48. The van der Waals surface area contributed by atoms with E-state index in [1.54, 1.807) is 0 Å². The highest BCUT2D eigenvalue weighted by atomic mass is 32.2. The number of thioether (sulfide) groups is 1. The number of hydrogen-bond donors (Lipinski definition) is 1. The molecule has 0 amide bonds. The third-order valence-corrected chi connectivity index (χ3v) is 3.90. The van der Waals surface area contributed by atoms with E-state index in [0.717, 1.165) is 24.4 Å². The fourth-order valence-electron chi connectivity index (χ4n) is 1.98. The summed E-state index contributed by atoms with van der Waals surface area (Å²) in [6.45, 7) is 4.37. The van der Waals surface area contributed by atoms with Crippen molar-refractivity contribution in [2.75, 3.05) is 5.73 Å². The lowest BCUT2D eigenvalue weighted by atomic mass is 9.96. The summed E-state index contributed by atoms with van der Waals surface area (Å²) in [5.41, 5.74) is 8.38. The molecule has 1 heterocycles.